The Morgan fingerprint density at radius 3 is 2.25 bits per heavy atom. The number of rotatable bonds is 3. The van der Waals surface area contributed by atoms with Crippen LogP contribution in [0.1, 0.15) is 53.6 Å². The maximum atomic E-state index is 13.2. The molecule has 146 valence electrons. The lowest BCUT2D eigenvalue weighted by Crippen LogP contribution is -2.41. The minimum Gasteiger partial charge on any atom is -0.268 e. The number of allylic oxidation sites excluding steroid dienone is 1. The van der Waals surface area contributed by atoms with Crippen LogP contribution in [0.5, 0.6) is 0 Å². The second-order valence-electron chi connectivity index (χ2n) is 7.77. The van der Waals surface area contributed by atoms with Crippen molar-refractivity contribution >= 4 is 21.5 Å². The average Bonchev–Trinajstić information content (AvgIpc) is 2.71. The molecular weight excluding hydrogens is 370 g/mol. The standard InChI is InChI=1S/C23H25NO3S/c1-17-11-13-20(14-12-17)28(26,27)24-16-19(15-18-7-3-2-4-8-18)21-9-5-6-10-22(21)23(24)25/h5-6,9-15,18H,2-4,7-8,16H2,1H3/b19-15-. The molecule has 28 heavy (non-hydrogen) atoms. The lowest BCUT2D eigenvalue weighted by atomic mass is 9.85. The predicted octanol–water partition coefficient (Wildman–Crippen LogP) is 4.80. The Labute approximate surface area is 166 Å². The third-order valence-electron chi connectivity index (χ3n) is 5.74. The second-order valence-corrected chi connectivity index (χ2v) is 9.63. The number of hydrogen-bond donors (Lipinski definition) is 0. The summed E-state index contributed by atoms with van der Waals surface area (Å²) in [6, 6.07) is 14.0. The van der Waals surface area contributed by atoms with Crippen LogP contribution >= 0.6 is 0 Å². The van der Waals surface area contributed by atoms with Crippen molar-refractivity contribution < 1.29 is 13.2 Å². The Morgan fingerprint density at radius 2 is 1.57 bits per heavy atom. The first-order valence-electron chi connectivity index (χ1n) is 9.90. The SMILES string of the molecule is Cc1ccc(S(=O)(=O)N2C/C(=C/C3CCCCC3)c3ccccc3C2=O)cc1. The molecule has 0 atom stereocenters. The van der Waals surface area contributed by atoms with Crippen LogP contribution in [-0.4, -0.2) is 25.2 Å². The summed E-state index contributed by atoms with van der Waals surface area (Å²) in [5.41, 5.74) is 3.25. The van der Waals surface area contributed by atoms with Gasteiger partial charge in [0.25, 0.3) is 15.9 Å². The monoisotopic (exact) mass is 395 g/mol. The van der Waals surface area contributed by atoms with Gasteiger partial charge in [-0.3, -0.25) is 4.79 Å². The van der Waals surface area contributed by atoms with Gasteiger partial charge >= 0.3 is 0 Å². The van der Waals surface area contributed by atoms with Crippen molar-refractivity contribution in [2.24, 2.45) is 5.92 Å². The summed E-state index contributed by atoms with van der Waals surface area (Å²) in [5.74, 6) is 0.00547. The number of nitrogens with zero attached hydrogens (tertiary/aromatic N) is 1. The summed E-state index contributed by atoms with van der Waals surface area (Å²) >= 11 is 0. The molecule has 5 heteroatoms. The second kappa shape index (κ2) is 7.55. The van der Waals surface area contributed by atoms with Crippen LogP contribution in [0.4, 0.5) is 0 Å². The van der Waals surface area contributed by atoms with E-state index in [2.05, 4.69) is 6.08 Å². The van der Waals surface area contributed by atoms with Crippen LogP contribution in [0.15, 0.2) is 59.5 Å². The van der Waals surface area contributed by atoms with Crippen LogP contribution in [0.25, 0.3) is 5.57 Å². The van der Waals surface area contributed by atoms with Gasteiger partial charge in [-0.2, -0.15) is 0 Å². The van der Waals surface area contributed by atoms with Gasteiger partial charge in [0.05, 0.1) is 11.4 Å². The number of benzene rings is 2. The van der Waals surface area contributed by atoms with Crippen molar-refractivity contribution in [2.45, 2.75) is 43.9 Å². The van der Waals surface area contributed by atoms with Crippen molar-refractivity contribution in [3.05, 3.63) is 71.3 Å². The molecule has 1 fully saturated rings. The van der Waals surface area contributed by atoms with E-state index in [0.29, 0.717) is 11.5 Å². The Balaban J connectivity index is 1.76. The molecule has 1 amide bonds. The van der Waals surface area contributed by atoms with Gasteiger partial charge in [-0.25, -0.2) is 12.7 Å². The van der Waals surface area contributed by atoms with E-state index in [4.69, 9.17) is 0 Å². The molecule has 0 unspecified atom stereocenters. The van der Waals surface area contributed by atoms with Gasteiger partial charge < -0.3 is 0 Å². The number of sulfonamides is 1. The Kier molecular flexibility index (Phi) is 5.11. The van der Waals surface area contributed by atoms with E-state index >= 15 is 0 Å². The highest BCUT2D eigenvalue weighted by Crippen LogP contribution is 2.34. The zero-order valence-corrected chi connectivity index (χ0v) is 16.9. The Bertz CT molecular complexity index is 1020. The topological polar surface area (TPSA) is 54.5 Å². The van der Waals surface area contributed by atoms with Gasteiger partial charge in [0.2, 0.25) is 0 Å². The van der Waals surface area contributed by atoms with Crippen LogP contribution in [0, 0.1) is 12.8 Å². The van der Waals surface area contributed by atoms with Crippen LogP contribution in [0.3, 0.4) is 0 Å². The van der Waals surface area contributed by atoms with E-state index in [0.717, 1.165) is 33.8 Å². The minimum absolute atomic E-state index is 0.0998. The van der Waals surface area contributed by atoms with E-state index in [1.54, 1.807) is 36.4 Å². The lowest BCUT2D eigenvalue weighted by Gasteiger charge is -2.31. The molecule has 0 radical (unpaired) electrons. The molecule has 1 aliphatic carbocycles. The van der Waals surface area contributed by atoms with Gasteiger partial charge in [-0.05, 0) is 55.0 Å². The third-order valence-corrected chi connectivity index (χ3v) is 7.48. The fraction of sp³-hybridized carbons (Fsp3) is 0.348. The highest BCUT2D eigenvalue weighted by Gasteiger charge is 2.36. The molecule has 0 bridgehead atoms. The molecule has 4 nitrogen and oxygen atoms in total. The summed E-state index contributed by atoms with van der Waals surface area (Å²) in [6.45, 7) is 2.01. The first-order chi connectivity index (χ1) is 13.5. The molecule has 2 aromatic rings. The van der Waals surface area contributed by atoms with Crippen molar-refractivity contribution in [1.29, 1.82) is 0 Å². The van der Waals surface area contributed by atoms with Crippen LogP contribution < -0.4 is 0 Å². The van der Waals surface area contributed by atoms with Crippen molar-refractivity contribution in [3.8, 4) is 0 Å². The normalized spacial score (nSPS) is 19.7. The first-order valence-corrected chi connectivity index (χ1v) is 11.3. The summed E-state index contributed by atoms with van der Waals surface area (Å²) in [6.07, 6.45) is 8.15. The molecular formula is C23H25NO3S. The maximum Gasteiger partial charge on any atom is 0.268 e. The molecule has 0 spiro atoms. The zero-order chi connectivity index (χ0) is 19.7. The number of fused-ring (bicyclic) bond motifs is 1. The molecule has 4 rings (SSSR count). The van der Waals surface area contributed by atoms with Crippen LogP contribution in [-0.2, 0) is 10.0 Å². The van der Waals surface area contributed by atoms with E-state index in [1.807, 2.05) is 19.1 Å². The van der Waals surface area contributed by atoms with Gasteiger partial charge in [0.15, 0.2) is 0 Å². The quantitative estimate of drug-likeness (QED) is 0.750. The van der Waals surface area contributed by atoms with Gasteiger partial charge in [-0.1, -0.05) is 61.2 Å². The molecule has 1 saturated carbocycles. The number of carbonyl (C=O) groups excluding carboxylic acids is 1. The average molecular weight is 396 g/mol. The highest BCUT2D eigenvalue weighted by atomic mass is 32.2. The summed E-state index contributed by atoms with van der Waals surface area (Å²) in [5, 5.41) is 0. The Hall–Kier alpha value is -2.40. The number of hydrogen-bond acceptors (Lipinski definition) is 3. The first kappa shape index (κ1) is 18.9. The smallest absolute Gasteiger partial charge is 0.268 e. The van der Waals surface area contributed by atoms with E-state index in [1.165, 1.54) is 19.3 Å². The Morgan fingerprint density at radius 1 is 0.929 bits per heavy atom. The summed E-state index contributed by atoms with van der Waals surface area (Å²) < 4.78 is 27.5. The number of aryl methyl sites for hydroxylation is 1. The van der Waals surface area contributed by atoms with Crippen molar-refractivity contribution in [1.82, 2.24) is 4.31 Å². The van der Waals surface area contributed by atoms with Gasteiger partial charge in [0, 0.05) is 5.56 Å². The number of carbonyl (C=O) groups is 1. The lowest BCUT2D eigenvalue weighted by molar-refractivity contribution is 0.0867. The van der Waals surface area contributed by atoms with Crippen molar-refractivity contribution in [3.63, 3.8) is 0 Å². The maximum absolute atomic E-state index is 13.2. The number of amides is 1. The van der Waals surface area contributed by atoms with Gasteiger partial charge in [-0.15, -0.1) is 0 Å². The predicted molar refractivity (Wildman–Crippen MR) is 110 cm³/mol. The van der Waals surface area contributed by atoms with E-state index in [-0.39, 0.29) is 11.4 Å². The van der Waals surface area contributed by atoms with Gasteiger partial charge in [0.1, 0.15) is 0 Å². The molecule has 0 aromatic heterocycles. The molecule has 2 aromatic carbocycles. The van der Waals surface area contributed by atoms with E-state index < -0.39 is 15.9 Å². The molecule has 0 N–H and O–H groups in total. The molecule has 1 heterocycles. The highest BCUT2D eigenvalue weighted by molar-refractivity contribution is 7.89. The fourth-order valence-electron chi connectivity index (χ4n) is 4.16. The molecule has 1 aliphatic heterocycles. The summed E-state index contributed by atoms with van der Waals surface area (Å²) in [4.78, 5) is 13.2. The fourth-order valence-corrected chi connectivity index (χ4v) is 5.52. The van der Waals surface area contributed by atoms with Crippen LogP contribution in [0.2, 0.25) is 0 Å². The zero-order valence-electron chi connectivity index (χ0n) is 16.1. The molecule has 2 aliphatic rings. The van der Waals surface area contributed by atoms with Crippen molar-refractivity contribution in [2.75, 3.05) is 6.54 Å². The molecule has 0 saturated heterocycles. The third kappa shape index (κ3) is 3.51. The minimum atomic E-state index is -3.90. The largest absolute Gasteiger partial charge is 0.268 e. The van der Waals surface area contributed by atoms with E-state index in [9.17, 15) is 13.2 Å². The summed E-state index contributed by atoms with van der Waals surface area (Å²) in [7, 11) is -3.90.